The molecule has 1 amide bonds. The van der Waals surface area contributed by atoms with Gasteiger partial charge in [0, 0.05) is 44.0 Å². The van der Waals surface area contributed by atoms with Crippen LogP contribution in [0.15, 0.2) is 18.6 Å². The predicted octanol–water partition coefficient (Wildman–Crippen LogP) is 2.58. The number of alkyl halides is 3. The van der Waals surface area contributed by atoms with Gasteiger partial charge < -0.3 is 20.3 Å². The summed E-state index contributed by atoms with van der Waals surface area (Å²) in [7, 11) is 3.85. The SMILES string of the molecule is Cc1cnc(NC2CCC(NC(=O)COc3cc(C(F)(F)F)ncn3)CC2)nc1N(C)C. The standard InChI is InChI=1S/C20H26F3N7O2/c1-12-9-24-19(29-18(12)30(2)3)28-14-6-4-13(5-7-14)27-16(31)10-32-17-8-15(20(21,22)23)25-11-26-17/h8-9,11,13-14H,4-7,10H2,1-3H3,(H,27,31)(H,24,28,29). The Bertz CT molecular complexity index is 932. The third-order valence-corrected chi connectivity index (χ3v) is 5.08. The fourth-order valence-electron chi connectivity index (χ4n) is 3.50. The van der Waals surface area contributed by atoms with E-state index in [0.29, 0.717) is 12.0 Å². The molecular formula is C20H26F3N7O2. The van der Waals surface area contributed by atoms with Crippen LogP contribution in [-0.4, -0.2) is 58.6 Å². The van der Waals surface area contributed by atoms with E-state index in [4.69, 9.17) is 4.74 Å². The van der Waals surface area contributed by atoms with Gasteiger partial charge in [0.15, 0.2) is 12.3 Å². The molecule has 1 fully saturated rings. The van der Waals surface area contributed by atoms with Crippen LogP contribution in [0.4, 0.5) is 24.9 Å². The second kappa shape index (κ2) is 9.96. The zero-order chi connectivity index (χ0) is 23.3. The van der Waals surface area contributed by atoms with Crippen molar-refractivity contribution in [3.05, 3.63) is 29.8 Å². The first kappa shape index (κ1) is 23.5. The van der Waals surface area contributed by atoms with E-state index in [-0.39, 0.29) is 18.0 Å². The molecule has 0 spiro atoms. The molecule has 32 heavy (non-hydrogen) atoms. The lowest BCUT2D eigenvalue weighted by molar-refractivity contribution is -0.141. The average Bonchev–Trinajstić information content (AvgIpc) is 2.74. The molecule has 12 heteroatoms. The van der Waals surface area contributed by atoms with E-state index in [1.54, 1.807) is 6.20 Å². The van der Waals surface area contributed by atoms with Crippen molar-refractivity contribution in [1.82, 2.24) is 25.3 Å². The summed E-state index contributed by atoms with van der Waals surface area (Å²) in [6.07, 6.45) is 1.08. The summed E-state index contributed by atoms with van der Waals surface area (Å²) in [6, 6.07) is 0.828. The van der Waals surface area contributed by atoms with Gasteiger partial charge in [-0.25, -0.2) is 15.0 Å². The molecule has 9 nitrogen and oxygen atoms in total. The van der Waals surface area contributed by atoms with Crippen LogP contribution in [0.1, 0.15) is 36.9 Å². The number of hydrogen-bond acceptors (Lipinski definition) is 8. The number of carbonyl (C=O) groups is 1. The summed E-state index contributed by atoms with van der Waals surface area (Å²) in [5.74, 6) is 0.717. The predicted molar refractivity (Wildman–Crippen MR) is 111 cm³/mol. The Morgan fingerprint density at radius 2 is 1.84 bits per heavy atom. The Morgan fingerprint density at radius 3 is 2.50 bits per heavy atom. The number of halogens is 3. The summed E-state index contributed by atoms with van der Waals surface area (Å²) in [5.41, 5.74) is -0.130. The Balaban J connectivity index is 1.43. The number of rotatable bonds is 7. The molecule has 2 N–H and O–H groups in total. The van der Waals surface area contributed by atoms with Crippen LogP contribution < -0.4 is 20.3 Å². The molecule has 2 aromatic rings. The highest BCUT2D eigenvalue weighted by atomic mass is 19.4. The largest absolute Gasteiger partial charge is 0.467 e. The molecule has 174 valence electrons. The zero-order valence-corrected chi connectivity index (χ0v) is 18.1. The lowest BCUT2D eigenvalue weighted by atomic mass is 9.91. The van der Waals surface area contributed by atoms with Gasteiger partial charge >= 0.3 is 6.18 Å². The van der Waals surface area contributed by atoms with E-state index in [1.807, 2.05) is 25.9 Å². The summed E-state index contributed by atoms with van der Waals surface area (Å²) in [5, 5.41) is 6.20. The average molecular weight is 453 g/mol. The van der Waals surface area contributed by atoms with Crippen molar-refractivity contribution >= 4 is 17.7 Å². The molecule has 1 aliphatic carbocycles. The Hall–Kier alpha value is -3.18. The van der Waals surface area contributed by atoms with Gasteiger partial charge in [-0.05, 0) is 32.6 Å². The third-order valence-electron chi connectivity index (χ3n) is 5.08. The summed E-state index contributed by atoms with van der Waals surface area (Å²) < 4.78 is 43.1. The van der Waals surface area contributed by atoms with Gasteiger partial charge in [0.2, 0.25) is 11.8 Å². The normalized spacial score (nSPS) is 18.7. The fourth-order valence-corrected chi connectivity index (χ4v) is 3.50. The minimum Gasteiger partial charge on any atom is -0.467 e. The molecule has 1 aliphatic rings. The van der Waals surface area contributed by atoms with Gasteiger partial charge in [-0.15, -0.1) is 0 Å². The van der Waals surface area contributed by atoms with Crippen molar-refractivity contribution in [2.75, 3.05) is 30.9 Å². The minimum absolute atomic E-state index is 0.0310. The molecule has 0 atom stereocenters. The Morgan fingerprint density at radius 1 is 1.16 bits per heavy atom. The topological polar surface area (TPSA) is 105 Å². The molecule has 0 unspecified atom stereocenters. The first-order valence-corrected chi connectivity index (χ1v) is 10.2. The van der Waals surface area contributed by atoms with E-state index in [1.165, 1.54) is 0 Å². The van der Waals surface area contributed by atoms with Gasteiger partial charge in [0.25, 0.3) is 5.91 Å². The number of nitrogens with zero attached hydrogens (tertiary/aromatic N) is 5. The quantitative estimate of drug-likeness (QED) is 0.659. The number of aromatic nitrogens is 4. The highest BCUT2D eigenvalue weighted by Gasteiger charge is 2.33. The smallest absolute Gasteiger partial charge is 0.433 e. The molecule has 0 aliphatic heterocycles. The van der Waals surface area contributed by atoms with Crippen molar-refractivity contribution in [1.29, 1.82) is 0 Å². The first-order chi connectivity index (χ1) is 15.1. The maximum absolute atomic E-state index is 12.7. The molecule has 0 saturated heterocycles. The number of hydrogen-bond donors (Lipinski definition) is 2. The van der Waals surface area contributed by atoms with Crippen LogP contribution in [0.2, 0.25) is 0 Å². The van der Waals surface area contributed by atoms with Crippen LogP contribution in [0, 0.1) is 6.92 Å². The Kier molecular flexibility index (Phi) is 7.31. The summed E-state index contributed by atoms with van der Waals surface area (Å²) in [6.45, 7) is 1.54. The van der Waals surface area contributed by atoms with Gasteiger partial charge in [-0.3, -0.25) is 4.79 Å². The number of carbonyl (C=O) groups excluding carboxylic acids is 1. The summed E-state index contributed by atoms with van der Waals surface area (Å²) >= 11 is 0. The zero-order valence-electron chi connectivity index (χ0n) is 18.1. The number of anilines is 2. The highest BCUT2D eigenvalue weighted by Crippen LogP contribution is 2.28. The minimum atomic E-state index is -4.60. The second-order valence-electron chi connectivity index (χ2n) is 7.88. The van der Waals surface area contributed by atoms with Crippen molar-refractivity contribution < 1.29 is 22.7 Å². The molecule has 1 saturated carbocycles. The number of amides is 1. The number of aryl methyl sites for hydroxylation is 1. The van der Waals surface area contributed by atoms with E-state index < -0.39 is 24.4 Å². The molecule has 0 bridgehead atoms. The molecule has 0 aromatic carbocycles. The molecule has 2 heterocycles. The van der Waals surface area contributed by atoms with Crippen LogP contribution in [0.25, 0.3) is 0 Å². The maximum atomic E-state index is 12.7. The second-order valence-corrected chi connectivity index (χ2v) is 7.88. The van der Waals surface area contributed by atoms with Gasteiger partial charge in [-0.1, -0.05) is 0 Å². The third kappa shape index (κ3) is 6.41. The molecule has 0 radical (unpaired) electrons. The van der Waals surface area contributed by atoms with E-state index in [2.05, 4.69) is 30.6 Å². The molecule has 3 rings (SSSR count). The van der Waals surface area contributed by atoms with E-state index in [0.717, 1.165) is 43.4 Å². The van der Waals surface area contributed by atoms with Crippen molar-refractivity contribution in [2.45, 2.75) is 50.9 Å². The van der Waals surface area contributed by atoms with Crippen LogP contribution >= 0.6 is 0 Å². The number of ether oxygens (including phenoxy) is 1. The van der Waals surface area contributed by atoms with Gasteiger partial charge in [0.05, 0.1) is 0 Å². The van der Waals surface area contributed by atoms with Crippen molar-refractivity contribution in [3.63, 3.8) is 0 Å². The first-order valence-electron chi connectivity index (χ1n) is 10.2. The summed E-state index contributed by atoms with van der Waals surface area (Å²) in [4.78, 5) is 29.7. The molecular weight excluding hydrogens is 427 g/mol. The fraction of sp³-hybridized carbons (Fsp3) is 0.550. The lowest BCUT2D eigenvalue weighted by Gasteiger charge is -2.29. The van der Waals surface area contributed by atoms with E-state index >= 15 is 0 Å². The highest BCUT2D eigenvalue weighted by molar-refractivity contribution is 5.77. The van der Waals surface area contributed by atoms with Crippen LogP contribution in [0.3, 0.4) is 0 Å². The van der Waals surface area contributed by atoms with Gasteiger partial charge in [-0.2, -0.15) is 18.2 Å². The molecule has 2 aromatic heterocycles. The maximum Gasteiger partial charge on any atom is 0.433 e. The van der Waals surface area contributed by atoms with Crippen LogP contribution in [0.5, 0.6) is 5.88 Å². The number of nitrogens with one attached hydrogen (secondary N) is 2. The monoisotopic (exact) mass is 453 g/mol. The van der Waals surface area contributed by atoms with E-state index in [9.17, 15) is 18.0 Å². The van der Waals surface area contributed by atoms with Crippen molar-refractivity contribution in [2.24, 2.45) is 0 Å². The Labute approximate surface area is 183 Å². The lowest BCUT2D eigenvalue weighted by Crippen LogP contribution is -2.42. The van der Waals surface area contributed by atoms with Crippen molar-refractivity contribution in [3.8, 4) is 5.88 Å². The van der Waals surface area contributed by atoms with Crippen LogP contribution in [-0.2, 0) is 11.0 Å². The van der Waals surface area contributed by atoms with Gasteiger partial charge in [0.1, 0.15) is 12.1 Å².